The van der Waals surface area contributed by atoms with Crippen molar-refractivity contribution in [3.05, 3.63) is 11.6 Å². The fourth-order valence-corrected chi connectivity index (χ4v) is 1.36. The number of carbonyl (C=O) groups is 2. The Morgan fingerprint density at radius 1 is 1.00 bits per heavy atom. The maximum Gasteiger partial charge on any atom is 0.333 e. The predicted octanol–water partition coefficient (Wildman–Crippen LogP) is 2.23. The number of esters is 2. The van der Waals surface area contributed by atoms with Gasteiger partial charge >= 0.3 is 11.9 Å². The van der Waals surface area contributed by atoms with Gasteiger partial charge in [-0.2, -0.15) is 0 Å². The molecule has 0 aromatic carbocycles. The lowest BCUT2D eigenvalue weighted by molar-refractivity contribution is -0.140. The lowest BCUT2D eigenvalue weighted by atomic mass is 10.1. The zero-order valence-electron chi connectivity index (χ0n) is 10.2. The zero-order valence-corrected chi connectivity index (χ0v) is 10.2. The van der Waals surface area contributed by atoms with Crippen molar-refractivity contribution in [2.45, 2.75) is 39.0 Å². The van der Waals surface area contributed by atoms with Gasteiger partial charge in [-0.15, -0.1) is 0 Å². The van der Waals surface area contributed by atoms with Crippen LogP contribution in [0.1, 0.15) is 39.0 Å². The van der Waals surface area contributed by atoms with E-state index in [9.17, 15) is 9.59 Å². The molecule has 16 heavy (non-hydrogen) atoms. The van der Waals surface area contributed by atoms with Gasteiger partial charge in [-0.25, -0.2) is 4.79 Å². The average molecular weight is 228 g/mol. The number of rotatable bonds is 7. The number of methoxy groups -OCH3 is 2. The van der Waals surface area contributed by atoms with Gasteiger partial charge in [0.15, 0.2) is 0 Å². The van der Waals surface area contributed by atoms with E-state index in [-0.39, 0.29) is 11.9 Å². The van der Waals surface area contributed by atoms with Gasteiger partial charge in [0.2, 0.25) is 0 Å². The second-order valence-corrected chi connectivity index (χ2v) is 3.44. The molecular formula is C12H20O4. The van der Waals surface area contributed by atoms with Crippen molar-refractivity contribution >= 4 is 11.9 Å². The summed E-state index contributed by atoms with van der Waals surface area (Å²) >= 11 is 0. The fourth-order valence-electron chi connectivity index (χ4n) is 1.36. The fraction of sp³-hybridized carbons (Fsp3) is 0.667. The van der Waals surface area contributed by atoms with Crippen LogP contribution in [0.3, 0.4) is 0 Å². The topological polar surface area (TPSA) is 52.6 Å². The maximum absolute atomic E-state index is 11.2. The van der Waals surface area contributed by atoms with E-state index in [1.54, 1.807) is 6.08 Å². The van der Waals surface area contributed by atoms with E-state index >= 15 is 0 Å². The first-order valence-corrected chi connectivity index (χ1v) is 5.46. The summed E-state index contributed by atoms with van der Waals surface area (Å²) in [6.07, 6.45) is 5.50. The molecule has 0 heterocycles. The van der Waals surface area contributed by atoms with Crippen molar-refractivity contribution in [1.29, 1.82) is 0 Å². The standard InChI is InChI=1S/C12H20O4/c1-4-10(12(14)16-3)8-6-5-7-9-11(13)15-2/h4H,5-9H2,1-3H3/b10-4+. The van der Waals surface area contributed by atoms with Crippen LogP contribution in [0.25, 0.3) is 0 Å². The van der Waals surface area contributed by atoms with E-state index in [2.05, 4.69) is 9.47 Å². The third-order valence-electron chi connectivity index (χ3n) is 2.35. The Balaban J connectivity index is 3.65. The Morgan fingerprint density at radius 3 is 2.12 bits per heavy atom. The van der Waals surface area contributed by atoms with Crippen LogP contribution in [0, 0.1) is 0 Å². The van der Waals surface area contributed by atoms with Crippen LogP contribution in [0.5, 0.6) is 0 Å². The number of unbranched alkanes of at least 4 members (excludes halogenated alkanes) is 2. The molecule has 0 aromatic heterocycles. The summed E-state index contributed by atoms with van der Waals surface area (Å²) in [7, 11) is 2.76. The summed E-state index contributed by atoms with van der Waals surface area (Å²) in [5, 5.41) is 0. The van der Waals surface area contributed by atoms with Crippen molar-refractivity contribution in [3.8, 4) is 0 Å². The normalized spacial score (nSPS) is 11.1. The van der Waals surface area contributed by atoms with Gasteiger partial charge in [0, 0.05) is 12.0 Å². The zero-order chi connectivity index (χ0) is 12.4. The molecule has 0 N–H and O–H groups in total. The first-order valence-electron chi connectivity index (χ1n) is 5.46. The van der Waals surface area contributed by atoms with Gasteiger partial charge in [-0.3, -0.25) is 4.79 Å². The number of carbonyl (C=O) groups excluding carboxylic acids is 2. The van der Waals surface area contributed by atoms with Crippen molar-refractivity contribution in [1.82, 2.24) is 0 Å². The first-order chi connectivity index (χ1) is 7.65. The first kappa shape index (κ1) is 14.7. The molecule has 0 amide bonds. The second-order valence-electron chi connectivity index (χ2n) is 3.44. The summed E-state index contributed by atoms with van der Waals surface area (Å²) in [5.41, 5.74) is 0.695. The van der Waals surface area contributed by atoms with Crippen molar-refractivity contribution in [3.63, 3.8) is 0 Å². The lowest BCUT2D eigenvalue weighted by Crippen LogP contribution is -2.04. The van der Waals surface area contributed by atoms with E-state index in [0.717, 1.165) is 19.3 Å². The molecule has 0 aliphatic rings. The van der Waals surface area contributed by atoms with E-state index in [1.807, 2.05) is 6.92 Å². The quantitative estimate of drug-likeness (QED) is 0.381. The Morgan fingerprint density at radius 2 is 1.62 bits per heavy atom. The Bertz CT molecular complexity index is 256. The predicted molar refractivity (Wildman–Crippen MR) is 60.9 cm³/mol. The monoisotopic (exact) mass is 228 g/mol. The molecule has 0 saturated carbocycles. The van der Waals surface area contributed by atoms with E-state index in [0.29, 0.717) is 18.4 Å². The van der Waals surface area contributed by atoms with Gasteiger partial charge in [0.05, 0.1) is 14.2 Å². The molecule has 0 spiro atoms. The molecule has 0 aliphatic carbocycles. The number of ether oxygens (including phenoxy) is 2. The van der Waals surface area contributed by atoms with Gasteiger partial charge in [0.1, 0.15) is 0 Å². The maximum atomic E-state index is 11.2. The summed E-state index contributed by atoms with van der Waals surface area (Å²) in [4.78, 5) is 22.0. The largest absolute Gasteiger partial charge is 0.469 e. The van der Waals surface area contributed by atoms with Crippen molar-refractivity contribution < 1.29 is 19.1 Å². The molecule has 0 aromatic rings. The van der Waals surface area contributed by atoms with E-state index in [4.69, 9.17) is 0 Å². The van der Waals surface area contributed by atoms with E-state index < -0.39 is 0 Å². The minimum absolute atomic E-state index is 0.181. The average Bonchev–Trinajstić information content (AvgIpc) is 2.32. The van der Waals surface area contributed by atoms with Gasteiger partial charge < -0.3 is 9.47 Å². The number of hydrogen-bond donors (Lipinski definition) is 0. The van der Waals surface area contributed by atoms with Crippen LogP contribution < -0.4 is 0 Å². The number of allylic oxidation sites excluding steroid dienone is 1. The smallest absolute Gasteiger partial charge is 0.333 e. The third-order valence-corrected chi connectivity index (χ3v) is 2.35. The van der Waals surface area contributed by atoms with Crippen LogP contribution in [-0.2, 0) is 19.1 Å². The molecule has 0 aliphatic heterocycles. The lowest BCUT2D eigenvalue weighted by Gasteiger charge is -2.04. The second kappa shape index (κ2) is 8.95. The molecular weight excluding hydrogens is 208 g/mol. The molecule has 0 radical (unpaired) electrons. The van der Waals surface area contributed by atoms with Gasteiger partial charge in [-0.05, 0) is 26.2 Å². The SMILES string of the molecule is C/C=C(\CCCCCC(=O)OC)C(=O)OC. The van der Waals surface area contributed by atoms with Crippen LogP contribution >= 0.6 is 0 Å². The Hall–Kier alpha value is -1.32. The minimum Gasteiger partial charge on any atom is -0.469 e. The molecule has 0 bridgehead atoms. The van der Waals surface area contributed by atoms with Crippen LogP contribution in [0.15, 0.2) is 11.6 Å². The van der Waals surface area contributed by atoms with Crippen molar-refractivity contribution in [2.75, 3.05) is 14.2 Å². The van der Waals surface area contributed by atoms with Gasteiger partial charge in [-0.1, -0.05) is 12.5 Å². The molecule has 4 nitrogen and oxygen atoms in total. The Kier molecular flexibility index (Phi) is 8.21. The highest BCUT2D eigenvalue weighted by atomic mass is 16.5. The molecule has 0 atom stereocenters. The molecule has 4 heteroatoms. The molecule has 0 unspecified atom stereocenters. The van der Waals surface area contributed by atoms with E-state index in [1.165, 1.54) is 14.2 Å². The summed E-state index contributed by atoms with van der Waals surface area (Å²) in [5.74, 6) is -0.449. The van der Waals surface area contributed by atoms with Gasteiger partial charge in [0.25, 0.3) is 0 Å². The molecule has 0 saturated heterocycles. The highest BCUT2D eigenvalue weighted by Crippen LogP contribution is 2.11. The third kappa shape index (κ3) is 6.22. The van der Waals surface area contributed by atoms with Crippen LogP contribution in [0.2, 0.25) is 0 Å². The number of hydrogen-bond acceptors (Lipinski definition) is 4. The van der Waals surface area contributed by atoms with Crippen molar-refractivity contribution in [2.24, 2.45) is 0 Å². The Labute approximate surface area is 96.6 Å². The molecule has 0 fully saturated rings. The summed E-state index contributed by atoms with van der Waals surface area (Å²) in [6.45, 7) is 1.82. The highest BCUT2D eigenvalue weighted by molar-refractivity contribution is 5.88. The van der Waals surface area contributed by atoms with Crippen LogP contribution in [0.4, 0.5) is 0 Å². The van der Waals surface area contributed by atoms with Crippen LogP contribution in [-0.4, -0.2) is 26.2 Å². The molecule has 0 rings (SSSR count). The minimum atomic E-state index is -0.268. The highest BCUT2D eigenvalue weighted by Gasteiger charge is 2.07. The summed E-state index contributed by atoms with van der Waals surface area (Å²) in [6, 6.07) is 0. The molecule has 92 valence electrons. The summed E-state index contributed by atoms with van der Waals surface area (Å²) < 4.78 is 9.16.